The van der Waals surface area contributed by atoms with Gasteiger partial charge >= 0.3 is 5.69 Å². The Hall–Kier alpha value is -3.94. The molecule has 8 heteroatoms. The van der Waals surface area contributed by atoms with Crippen molar-refractivity contribution in [3.8, 4) is 5.75 Å². The standard InChI is InChI=1S/C20H15N3O5/c1-2-9-21-19(27)15-10-12(24)7-8-16(15)22(20(21)28)11-23-17(25)13-5-3-4-6-14(13)18(23)26/h2-8,10,24H,1,9,11H2. The Morgan fingerprint density at radius 1 is 0.929 bits per heavy atom. The Balaban J connectivity index is 1.91. The quantitative estimate of drug-likeness (QED) is 0.546. The summed E-state index contributed by atoms with van der Waals surface area (Å²) in [4.78, 5) is 51.8. The van der Waals surface area contributed by atoms with Crippen molar-refractivity contribution < 1.29 is 14.7 Å². The number of carbonyl (C=O) groups excluding carboxylic acids is 2. The summed E-state index contributed by atoms with van der Waals surface area (Å²) in [6.45, 7) is 3.14. The molecule has 8 nitrogen and oxygen atoms in total. The van der Waals surface area contributed by atoms with E-state index in [9.17, 15) is 24.3 Å². The number of nitrogens with zero attached hydrogens (tertiary/aromatic N) is 3. The zero-order chi connectivity index (χ0) is 20.0. The lowest BCUT2D eigenvalue weighted by atomic mass is 10.1. The van der Waals surface area contributed by atoms with Gasteiger partial charge in [-0.15, -0.1) is 6.58 Å². The second-order valence-corrected chi connectivity index (χ2v) is 6.34. The van der Waals surface area contributed by atoms with Crippen LogP contribution in [0.1, 0.15) is 20.7 Å². The smallest absolute Gasteiger partial charge is 0.333 e. The van der Waals surface area contributed by atoms with Crippen LogP contribution in [0.15, 0.2) is 64.7 Å². The van der Waals surface area contributed by atoms with Gasteiger partial charge in [0, 0.05) is 6.54 Å². The zero-order valence-corrected chi connectivity index (χ0v) is 14.7. The molecule has 3 aromatic rings. The summed E-state index contributed by atoms with van der Waals surface area (Å²) in [5.74, 6) is -1.16. The molecule has 0 bridgehead atoms. The van der Waals surface area contributed by atoms with E-state index in [-0.39, 0.29) is 41.0 Å². The van der Waals surface area contributed by atoms with Gasteiger partial charge in [0.2, 0.25) is 0 Å². The van der Waals surface area contributed by atoms with Crippen LogP contribution in [0.4, 0.5) is 0 Å². The first kappa shape index (κ1) is 17.5. The molecule has 0 saturated carbocycles. The van der Waals surface area contributed by atoms with Crippen LogP contribution < -0.4 is 11.2 Å². The number of hydrogen-bond donors (Lipinski definition) is 1. The number of fused-ring (bicyclic) bond motifs is 2. The van der Waals surface area contributed by atoms with Crippen LogP contribution in [0.3, 0.4) is 0 Å². The van der Waals surface area contributed by atoms with Crippen molar-refractivity contribution in [3.63, 3.8) is 0 Å². The number of carbonyl (C=O) groups is 2. The summed E-state index contributed by atoms with van der Waals surface area (Å²) in [6.07, 6.45) is 1.39. The topological polar surface area (TPSA) is 102 Å². The number of phenolic OH excluding ortho intramolecular Hbond substituents is 1. The third-order valence-corrected chi connectivity index (χ3v) is 4.68. The molecule has 4 rings (SSSR count). The average molecular weight is 377 g/mol. The Bertz CT molecular complexity index is 1250. The number of amides is 2. The fraction of sp³-hybridized carbons (Fsp3) is 0.100. The predicted molar refractivity (Wildman–Crippen MR) is 101 cm³/mol. The third kappa shape index (κ3) is 2.46. The molecule has 0 spiro atoms. The lowest BCUT2D eigenvalue weighted by Crippen LogP contribution is -2.44. The summed E-state index contributed by atoms with van der Waals surface area (Å²) in [5.41, 5.74) is -0.525. The highest BCUT2D eigenvalue weighted by Gasteiger charge is 2.35. The van der Waals surface area contributed by atoms with Gasteiger partial charge in [-0.25, -0.2) is 4.79 Å². The number of hydrogen-bond acceptors (Lipinski definition) is 5. The van der Waals surface area contributed by atoms with Gasteiger partial charge in [0.1, 0.15) is 12.4 Å². The molecule has 2 amide bonds. The molecule has 1 aromatic heterocycles. The Labute approximate surface area is 158 Å². The fourth-order valence-corrected chi connectivity index (χ4v) is 3.35. The van der Waals surface area contributed by atoms with Crippen LogP contribution in [0.5, 0.6) is 5.75 Å². The van der Waals surface area contributed by atoms with E-state index in [0.29, 0.717) is 0 Å². The first-order valence-corrected chi connectivity index (χ1v) is 8.46. The molecule has 0 aliphatic carbocycles. The van der Waals surface area contributed by atoms with E-state index >= 15 is 0 Å². The second kappa shape index (κ2) is 6.34. The van der Waals surface area contributed by atoms with Crippen molar-refractivity contribution in [1.82, 2.24) is 14.0 Å². The second-order valence-electron chi connectivity index (χ2n) is 6.34. The SMILES string of the molecule is C=CCn1c(=O)c2cc(O)ccc2n(CN2C(=O)c3ccccc3C2=O)c1=O. The summed E-state index contributed by atoms with van der Waals surface area (Å²) in [6, 6.07) is 10.4. The number of imide groups is 1. The van der Waals surface area contributed by atoms with Crippen LogP contribution in [0.25, 0.3) is 10.9 Å². The number of aromatic nitrogens is 2. The molecule has 0 unspecified atom stereocenters. The summed E-state index contributed by atoms with van der Waals surface area (Å²) < 4.78 is 2.11. The molecule has 1 N–H and O–H groups in total. The van der Waals surface area contributed by atoms with Gasteiger partial charge < -0.3 is 5.11 Å². The number of phenols is 1. The maximum absolute atomic E-state index is 12.9. The Morgan fingerprint density at radius 2 is 1.57 bits per heavy atom. The van der Waals surface area contributed by atoms with E-state index in [1.807, 2.05) is 0 Å². The van der Waals surface area contributed by atoms with Gasteiger partial charge in [-0.05, 0) is 30.3 Å². The number of allylic oxidation sites excluding steroid dienone is 1. The third-order valence-electron chi connectivity index (χ3n) is 4.68. The van der Waals surface area contributed by atoms with Crippen molar-refractivity contribution in [3.05, 3.63) is 87.1 Å². The van der Waals surface area contributed by atoms with Crippen molar-refractivity contribution in [1.29, 1.82) is 0 Å². The summed E-state index contributed by atoms with van der Waals surface area (Å²) in [7, 11) is 0. The monoisotopic (exact) mass is 377 g/mol. The lowest BCUT2D eigenvalue weighted by Gasteiger charge is -2.19. The van der Waals surface area contributed by atoms with Crippen molar-refractivity contribution in [2.75, 3.05) is 0 Å². The molecular formula is C20H15N3O5. The van der Waals surface area contributed by atoms with Crippen LogP contribution in [-0.4, -0.2) is 31.0 Å². The number of aromatic hydroxyl groups is 1. The minimum Gasteiger partial charge on any atom is -0.508 e. The minimum absolute atomic E-state index is 0.0502. The average Bonchev–Trinajstić information content (AvgIpc) is 2.93. The van der Waals surface area contributed by atoms with Gasteiger partial charge in [-0.1, -0.05) is 18.2 Å². The van der Waals surface area contributed by atoms with Crippen LogP contribution in [0, 0.1) is 0 Å². The highest BCUT2D eigenvalue weighted by atomic mass is 16.3. The molecular weight excluding hydrogens is 362 g/mol. The molecule has 2 heterocycles. The van der Waals surface area contributed by atoms with Crippen LogP contribution in [0.2, 0.25) is 0 Å². The van der Waals surface area contributed by atoms with E-state index in [0.717, 1.165) is 9.47 Å². The van der Waals surface area contributed by atoms with E-state index in [4.69, 9.17) is 0 Å². The molecule has 0 atom stereocenters. The highest BCUT2D eigenvalue weighted by molar-refractivity contribution is 6.21. The number of benzene rings is 2. The van der Waals surface area contributed by atoms with Crippen molar-refractivity contribution in [2.45, 2.75) is 13.2 Å². The van der Waals surface area contributed by atoms with Crippen LogP contribution >= 0.6 is 0 Å². The summed E-state index contributed by atoms with van der Waals surface area (Å²) in [5, 5.41) is 9.84. The van der Waals surface area contributed by atoms with Gasteiger partial charge in [-0.2, -0.15) is 0 Å². The Morgan fingerprint density at radius 3 is 2.18 bits per heavy atom. The molecule has 1 aliphatic rings. The van der Waals surface area contributed by atoms with E-state index in [1.54, 1.807) is 24.3 Å². The number of rotatable bonds is 4. The maximum atomic E-state index is 12.9. The maximum Gasteiger partial charge on any atom is 0.333 e. The van der Waals surface area contributed by atoms with E-state index in [1.165, 1.54) is 28.8 Å². The van der Waals surface area contributed by atoms with Crippen molar-refractivity contribution >= 4 is 22.7 Å². The molecule has 0 radical (unpaired) electrons. The zero-order valence-electron chi connectivity index (χ0n) is 14.7. The summed E-state index contributed by atoms with van der Waals surface area (Å²) >= 11 is 0. The van der Waals surface area contributed by atoms with Gasteiger partial charge in [0.15, 0.2) is 0 Å². The van der Waals surface area contributed by atoms with Gasteiger partial charge in [0.05, 0.1) is 22.0 Å². The Kier molecular flexibility index (Phi) is 3.96. The molecule has 0 fully saturated rings. The molecule has 1 aliphatic heterocycles. The predicted octanol–water partition coefficient (Wildman–Crippen LogP) is 1.31. The molecule has 2 aromatic carbocycles. The molecule has 0 saturated heterocycles. The van der Waals surface area contributed by atoms with Crippen LogP contribution in [-0.2, 0) is 13.2 Å². The highest BCUT2D eigenvalue weighted by Crippen LogP contribution is 2.24. The van der Waals surface area contributed by atoms with E-state index in [2.05, 4.69) is 6.58 Å². The first-order chi connectivity index (χ1) is 13.4. The fourth-order valence-electron chi connectivity index (χ4n) is 3.35. The van der Waals surface area contributed by atoms with Gasteiger partial charge in [-0.3, -0.25) is 28.4 Å². The largest absolute Gasteiger partial charge is 0.508 e. The van der Waals surface area contributed by atoms with E-state index < -0.39 is 23.1 Å². The minimum atomic E-state index is -0.681. The first-order valence-electron chi connectivity index (χ1n) is 8.46. The molecule has 28 heavy (non-hydrogen) atoms. The van der Waals surface area contributed by atoms with Gasteiger partial charge in [0.25, 0.3) is 17.4 Å². The normalized spacial score (nSPS) is 13.2. The van der Waals surface area contributed by atoms with Crippen molar-refractivity contribution in [2.24, 2.45) is 0 Å². The lowest BCUT2D eigenvalue weighted by molar-refractivity contribution is 0.0605. The molecule has 140 valence electrons.